The minimum absolute atomic E-state index is 0.121. The van der Waals surface area contributed by atoms with Crippen molar-refractivity contribution in [2.24, 2.45) is 5.73 Å². The molecule has 1 aliphatic heterocycles. The molecule has 0 bridgehead atoms. The van der Waals surface area contributed by atoms with Gasteiger partial charge in [0, 0.05) is 10.9 Å². The van der Waals surface area contributed by atoms with Gasteiger partial charge in [0.25, 0.3) is 0 Å². The normalized spacial score (nSPS) is 14.6. The maximum atomic E-state index is 10.0. The highest BCUT2D eigenvalue weighted by Crippen LogP contribution is 2.46. The van der Waals surface area contributed by atoms with Crippen molar-refractivity contribution in [2.45, 2.75) is 19.4 Å². The number of nitrogens with two attached hydrogens (primary N) is 1. The van der Waals surface area contributed by atoms with Crippen molar-refractivity contribution < 1.29 is 14.2 Å². The molecule has 1 heterocycles. The number of hydrogen-bond donors (Lipinski definition) is 1. The summed E-state index contributed by atoms with van der Waals surface area (Å²) in [6.45, 7) is 2.82. The predicted molar refractivity (Wildman–Crippen MR) is 149 cm³/mol. The summed E-state index contributed by atoms with van der Waals surface area (Å²) in [6, 6.07) is 34.6. The van der Waals surface area contributed by atoms with Crippen LogP contribution in [0.4, 0.5) is 0 Å². The van der Waals surface area contributed by atoms with E-state index < -0.39 is 0 Å². The van der Waals surface area contributed by atoms with Gasteiger partial charge in [-0.2, -0.15) is 5.26 Å². The lowest BCUT2D eigenvalue weighted by molar-refractivity contribution is 0.270. The molecule has 0 fully saturated rings. The van der Waals surface area contributed by atoms with E-state index in [9.17, 15) is 5.26 Å². The van der Waals surface area contributed by atoms with E-state index >= 15 is 0 Å². The first-order valence-electron chi connectivity index (χ1n) is 12.6. The Morgan fingerprint density at radius 2 is 1.55 bits per heavy atom. The highest BCUT2D eigenvalue weighted by molar-refractivity contribution is 5.91. The molecule has 0 amide bonds. The Morgan fingerprint density at radius 1 is 0.816 bits per heavy atom. The van der Waals surface area contributed by atoms with Gasteiger partial charge < -0.3 is 19.9 Å². The SMILES string of the molecule is CCOc1cc([C@@H]2C(C#N)=C(N)Oc3c2ccc2ccccc32)ccc1OCc1cccc2ccccc12. The Kier molecular flexibility index (Phi) is 6.07. The Balaban J connectivity index is 1.39. The third-order valence-electron chi connectivity index (χ3n) is 6.97. The Bertz CT molecular complexity index is 1740. The topological polar surface area (TPSA) is 77.5 Å². The molecule has 0 spiro atoms. The second-order valence-electron chi connectivity index (χ2n) is 9.20. The minimum Gasteiger partial charge on any atom is -0.490 e. The van der Waals surface area contributed by atoms with Crippen LogP contribution < -0.4 is 19.9 Å². The molecule has 0 saturated heterocycles. The number of rotatable bonds is 6. The van der Waals surface area contributed by atoms with Gasteiger partial charge in [-0.25, -0.2) is 0 Å². The maximum absolute atomic E-state index is 10.0. The van der Waals surface area contributed by atoms with Crippen molar-refractivity contribution in [1.82, 2.24) is 0 Å². The van der Waals surface area contributed by atoms with E-state index in [1.165, 1.54) is 5.39 Å². The number of nitriles is 1. The molecule has 0 radical (unpaired) electrons. The molecule has 0 aromatic heterocycles. The molecule has 6 rings (SSSR count). The molecule has 0 unspecified atom stereocenters. The average molecular weight is 499 g/mol. The summed E-state index contributed by atoms with van der Waals surface area (Å²) >= 11 is 0. The lowest BCUT2D eigenvalue weighted by Crippen LogP contribution is -2.21. The van der Waals surface area contributed by atoms with E-state index in [0.29, 0.717) is 36.0 Å². The van der Waals surface area contributed by atoms with E-state index in [-0.39, 0.29) is 11.8 Å². The van der Waals surface area contributed by atoms with Gasteiger partial charge in [-0.05, 0) is 46.3 Å². The Hall–Kier alpha value is -4.95. The number of hydrogen-bond acceptors (Lipinski definition) is 5. The molecule has 1 aliphatic rings. The van der Waals surface area contributed by atoms with Gasteiger partial charge in [0.05, 0.1) is 12.5 Å². The Labute approximate surface area is 221 Å². The van der Waals surface area contributed by atoms with Gasteiger partial charge in [0.2, 0.25) is 5.88 Å². The fraction of sp³-hybridized carbons (Fsp3) is 0.121. The number of benzene rings is 5. The van der Waals surface area contributed by atoms with E-state index in [2.05, 4.69) is 30.3 Å². The first-order valence-corrected chi connectivity index (χ1v) is 12.6. The van der Waals surface area contributed by atoms with Crippen LogP contribution in [0.15, 0.2) is 109 Å². The first kappa shape index (κ1) is 23.4. The van der Waals surface area contributed by atoms with E-state index in [4.69, 9.17) is 19.9 Å². The van der Waals surface area contributed by atoms with Gasteiger partial charge in [0.15, 0.2) is 11.5 Å². The molecular formula is C33H26N2O3. The second-order valence-corrected chi connectivity index (χ2v) is 9.20. The van der Waals surface area contributed by atoms with Crippen molar-refractivity contribution in [2.75, 3.05) is 6.61 Å². The molecule has 38 heavy (non-hydrogen) atoms. The zero-order valence-electron chi connectivity index (χ0n) is 21.0. The highest BCUT2D eigenvalue weighted by Gasteiger charge is 2.32. The van der Waals surface area contributed by atoms with Crippen molar-refractivity contribution in [3.8, 4) is 23.3 Å². The molecule has 5 nitrogen and oxygen atoms in total. The van der Waals surface area contributed by atoms with Crippen LogP contribution >= 0.6 is 0 Å². The first-order chi connectivity index (χ1) is 18.7. The summed E-state index contributed by atoms with van der Waals surface area (Å²) in [4.78, 5) is 0. The third-order valence-corrected chi connectivity index (χ3v) is 6.97. The number of fused-ring (bicyclic) bond motifs is 4. The number of ether oxygens (including phenoxy) is 3. The minimum atomic E-state index is -0.389. The van der Waals surface area contributed by atoms with Gasteiger partial charge in [-0.15, -0.1) is 0 Å². The fourth-order valence-electron chi connectivity index (χ4n) is 5.20. The van der Waals surface area contributed by atoms with Crippen molar-refractivity contribution in [3.63, 3.8) is 0 Å². The average Bonchev–Trinajstić information content (AvgIpc) is 2.96. The number of nitrogens with zero attached hydrogens (tertiary/aromatic N) is 1. The second kappa shape index (κ2) is 9.84. The summed E-state index contributed by atoms with van der Waals surface area (Å²) in [5, 5.41) is 14.4. The third kappa shape index (κ3) is 4.07. The van der Waals surface area contributed by atoms with Crippen LogP contribution in [0.25, 0.3) is 21.5 Å². The number of allylic oxidation sites excluding steroid dienone is 1. The maximum Gasteiger partial charge on any atom is 0.205 e. The molecule has 5 aromatic rings. The van der Waals surface area contributed by atoms with Gasteiger partial charge in [0.1, 0.15) is 24.0 Å². The molecule has 1 atom stereocenters. The smallest absolute Gasteiger partial charge is 0.205 e. The van der Waals surface area contributed by atoms with E-state index in [0.717, 1.165) is 32.8 Å². The van der Waals surface area contributed by atoms with E-state index in [1.807, 2.05) is 79.7 Å². The lowest BCUT2D eigenvalue weighted by atomic mass is 9.82. The van der Waals surface area contributed by atoms with Crippen LogP contribution in [-0.2, 0) is 6.61 Å². The molecule has 5 heteroatoms. The standard InChI is InChI=1S/C33H26N2O3/c1-2-36-30-18-23(15-17-29(30)37-20-24-11-7-10-21-8-3-5-12-25(21)24)31-27-16-14-22-9-4-6-13-26(22)32(27)38-33(35)28(31)19-34/h3-18,31H,2,20,35H2,1H3/t31-/m0/s1. The molecule has 186 valence electrons. The van der Waals surface area contributed by atoms with Gasteiger partial charge >= 0.3 is 0 Å². The summed E-state index contributed by atoms with van der Waals surface area (Å²) in [7, 11) is 0. The predicted octanol–water partition coefficient (Wildman–Crippen LogP) is 7.19. The summed E-state index contributed by atoms with van der Waals surface area (Å²) in [6.07, 6.45) is 0. The fourth-order valence-corrected chi connectivity index (χ4v) is 5.20. The van der Waals surface area contributed by atoms with Gasteiger partial charge in [-0.1, -0.05) is 84.9 Å². The highest BCUT2D eigenvalue weighted by atomic mass is 16.5. The lowest BCUT2D eigenvalue weighted by Gasteiger charge is -2.28. The van der Waals surface area contributed by atoms with Crippen LogP contribution in [0.2, 0.25) is 0 Å². The van der Waals surface area contributed by atoms with Gasteiger partial charge in [-0.3, -0.25) is 0 Å². The Morgan fingerprint density at radius 3 is 2.34 bits per heavy atom. The van der Waals surface area contributed by atoms with Crippen LogP contribution in [-0.4, -0.2) is 6.61 Å². The zero-order valence-corrected chi connectivity index (χ0v) is 21.0. The van der Waals surface area contributed by atoms with E-state index in [1.54, 1.807) is 0 Å². The summed E-state index contributed by atoms with van der Waals surface area (Å²) in [5.41, 5.74) is 9.53. The molecule has 2 N–H and O–H groups in total. The van der Waals surface area contributed by atoms with Crippen LogP contribution in [0.3, 0.4) is 0 Å². The molecule has 0 aliphatic carbocycles. The molecule has 0 saturated carbocycles. The van der Waals surface area contributed by atoms with Crippen molar-refractivity contribution in [3.05, 3.63) is 125 Å². The van der Waals surface area contributed by atoms with Crippen LogP contribution in [0, 0.1) is 11.3 Å². The zero-order chi connectivity index (χ0) is 26.1. The van der Waals surface area contributed by atoms with Crippen LogP contribution in [0.1, 0.15) is 29.5 Å². The largest absolute Gasteiger partial charge is 0.490 e. The molecule has 5 aromatic carbocycles. The monoisotopic (exact) mass is 498 g/mol. The molecular weight excluding hydrogens is 472 g/mol. The van der Waals surface area contributed by atoms with Crippen molar-refractivity contribution >= 4 is 21.5 Å². The summed E-state index contributed by atoms with van der Waals surface area (Å²) in [5.74, 6) is 1.67. The quantitative estimate of drug-likeness (QED) is 0.268. The van der Waals surface area contributed by atoms with Crippen LogP contribution in [0.5, 0.6) is 17.2 Å². The summed E-state index contributed by atoms with van der Waals surface area (Å²) < 4.78 is 18.3. The van der Waals surface area contributed by atoms with Crippen molar-refractivity contribution in [1.29, 1.82) is 5.26 Å².